The van der Waals surface area contributed by atoms with Gasteiger partial charge in [-0.15, -0.1) is 10.2 Å². The second kappa shape index (κ2) is 8.55. The van der Waals surface area contributed by atoms with Crippen LogP contribution in [-0.2, 0) is 17.8 Å². The fraction of sp³-hybridized carbons (Fsp3) is 0.882. The van der Waals surface area contributed by atoms with E-state index < -0.39 is 0 Å². The first-order valence-electron chi connectivity index (χ1n) is 9.25. The minimum absolute atomic E-state index is 0.161. The summed E-state index contributed by atoms with van der Waals surface area (Å²) in [6, 6.07) is 0.277. The van der Waals surface area contributed by atoms with Crippen LogP contribution < -0.4 is 5.73 Å². The normalized spacial score (nSPS) is 30.4. The molecule has 2 aliphatic rings. The molecule has 8 nitrogen and oxygen atoms in total. The van der Waals surface area contributed by atoms with Crippen molar-refractivity contribution in [3.05, 3.63) is 11.6 Å². The lowest BCUT2D eigenvalue weighted by molar-refractivity contribution is 0.0516. The zero-order valence-electron chi connectivity index (χ0n) is 15.0. The third-order valence-electron chi connectivity index (χ3n) is 5.50. The van der Waals surface area contributed by atoms with E-state index in [2.05, 4.69) is 19.7 Å². The minimum Gasteiger partial charge on any atom is -0.396 e. The third kappa shape index (κ3) is 4.38. The van der Waals surface area contributed by atoms with Crippen LogP contribution in [0.3, 0.4) is 0 Å². The van der Waals surface area contributed by atoms with Crippen molar-refractivity contribution >= 4 is 0 Å². The standard InChI is InChI=1S/C17H31N5O3/c1-25-3-2-22-16(19-20-17(22)14-5-15(18)6-14)9-21-7-12(10-23)4-13(8-21)11-24/h12-15,23-24H,2-11,18H2,1H3/t12-,13+,14?,15?. The van der Waals surface area contributed by atoms with Crippen LogP contribution in [0.5, 0.6) is 0 Å². The summed E-state index contributed by atoms with van der Waals surface area (Å²) in [5, 5.41) is 27.9. The zero-order valence-corrected chi connectivity index (χ0v) is 15.0. The van der Waals surface area contributed by atoms with Gasteiger partial charge in [-0.05, 0) is 31.1 Å². The predicted molar refractivity (Wildman–Crippen MR) is 92.9 cm³/mol. The molecule has 4 N–H and O–H groups in total. The van der Waals surface area contributed by atoms with Crippen molar-refractivity contribution in [2.45, 2.75) is 44.3 Å². The number of nitrogens with two attached hydrogens (primary N) is 1. The van der Waals surface area contributed by atoms with Crippen molar-refractivity contribution in [3.8, 4) is 0 Å². The second-order valence-electron chi connectivity index (χ2n) is 7.57. The second-order valence-corrected chi connectivity index (χ2v) is 7.57. The molecule has 1 saturated heterocycles. The molecule has 0 aromatic carbocycles. The molecule has 2 heterocycles. The van der Waals surface area contributed by atoms with Crippen LogP contribution in [0, 0.1) is 11.8 Å². The molecule has 1 aliphatic carbocycles. The molecule has 25 heavy (non-hydrogen) atoms. The smallest absolute Gasteiger partial charge is 0.147 e. The van der Waals surface area contributed by atoms with E-state index in [1.54, 1.807) is 7.11 Å². The maximum atomic E-state index is 9.53. The van der Waals surface area contributed by atoms with Crippen molar-refractivity contribution in [1.82, 2.24) is 19.7 Å². The monoisotopic (exact) mass is 353 g/mol. The Labute approximate surface area is 149 Å². The molecule has 2 fully saturated rings. The number of methoxy groups -OCH3 is 1. The lowest BCUT2D eigenvalue weighted by atomic mass is 9.80. The maximum Gasteiger partial charge on any atom is 0.147 e. The highest BCUT2D eigenvalue weighted by Gasteiger charge is 2.33. The molecule has 1 saturated carbocycles. The first-order chi connectivity index (χ1) is 12.1. The number of aliphatic hydroxyl groups is 2. The molecule has 0 bridgehead atoms. The Bertz CT molecular complexity index is 534. The number of nitrogens with zero attached hydrogens (tertiary/aromatic N) is 4. The first-order valence-corrected chi connectivity index (χ1v) is 9.25. The van der Waals surface area contributed by atoms with Gasteiger partial charge in [0.1, 0.15) is 11.6 Å². The third-order valence-corrected chi connectivity index (χ3v) is 5.50. The van der Waals surface area contributed by atoms with Crippen LogP contribution in [-0.4, -0.2) is 75.9 Å². The van der Waals surface area contributed by atoms with E-state index in [-0.39, 0.29) is 31.1 Å². The van der Waals surface area contributed by atoms with Gasteiger partial charge < -0.3 is 25.3 Å². The molecule has 0 radical (unpaired) electrons. The Balaban J connectivity index is 1.72. The van der Waals surface area contributed by atoms with Crippen LogP contribution in [0.25, 0.3) is 0 Å². The van der Waals surface area contributed by atoms with Gasteiger partial charge in [0.05, 0.1) is 13.2 Å². The van der Waals surface area contributed by atoms with Gasteiger partial charge in [-0.25, -0.2) is 0 Å². The number of piperidine rings is 1. The fourth-order valence-electron chi connectivity index (χ4n) is 4.09. The van der Waals surface area contributed by atoms with E-state index in [0.717, 1.165) is 50.5 Å². The highest BCUT2D eigenvalue weighted by molar-refractivity contribution is 5.09. The molecule has 1 aromatic rings. The Morgan fingerprint density at radius 2 is 1.80 bits per heavy atom. The van der Waals surface area contributed by atoms with Crippen molar-refractivity contribution in [1.29, 1.82) is 0 Å². The molecule has 8 heteroatoms. The van der Waals surface area contributed by atoms with Gasteiger partial charge >= 0.3 is 0 Å². The molecule has 1 aliphatic heterocycles. The Hall–Kier alpha value is -1.06. The van der Waals surface area contributed by atoms with E-state index in [4.69, 9.17) is 10.5 Å². The van der Waals surface area contributed by atoms with E-state index >= 15 is 0 Å². The average molecular weight is 353 g/mol. The van der Waals surface area contributed by atoms with E-state index in [0.29, 0.717) is 19.1 Å². The van der Waals surface area contributed by atoms with Gasteiger partial charge in [-0.1, -0.05) is 0 Å². The number of aromatic nitrogens is 3. The van der Waals surface area contributed by atoms with Crippen LogP contribution in [0.2, 0.25) is 0 Å². The number of ether oxygens (including phenoxy) is 1. The fourth-order valence-corrected chi connectivity index (χ4v) is 4.09. The summed E-state index contributed by atoms with van der Waals surface area (Å²) in [4.78, 5) is 2.27. The lowest BCUT2D eigenvalue weighted by Crippen LogP contribution is -2.43. The number of hydrogen-bond donors (Lipinski definition) is 3. The quantitative estimate of drug-likeness (QED) is 0.581. The van der Waals surface area contributed by atoms with E-state index in [1.165, 1.54) is 0 Å². The van der Waals surface area contributed by atoms with Crippen molar-refractivity contribution in [2.75, 3.05) is 40.0 Å². The topological polar surface area (TPSA) is 110 Å². The maximum absolute atomic E-state index is 9.53. The van der Waals surface area contributed by atoms with Crippen molar-refractivity contribution < 1.29 is 14.9 Å². The van der Waals surface area contributed by atoms with Gasteiger partial charge in [0.2, 0.25) is 0 Å². The average Bonchev–Trinajstić information content (AvgIpc) is 2.98. The summed E-state index contributed by atoms with van der Waals surface area (Å²) < 4.78 is 7.43. The lowest BCUT2D eigenvalue weighted by Gasteiger charge is -2.36. The molecule has 0 unspecified atom stereocenters. The number of rotatable bonds is 8. The summed E-state index contributed by atoms with van der Waals surface area (Å²) >= 11 is 0. The zero-order chi connectivity index (χ0) is 17.8. The predicted octanol–water partition coefficient (Wildman–Crippen LogP) is -0.448. The summed E-state index contributed by atoms with van der Waals surface area (Å²) in [5.41, 5.74) is 5.94. The molecule has 2 atom stereocenters. The van der Waals surface area contributed by atoms with Gasteiger partial charge in [0, 0.05) is 51.9 Å². The Kier molecular flexibility index (Phi) is 6.40. The molecule has 0 amide bonds. The molecule has 142 valence electrons. The number of hydrogen-bond acceptors (Lipinski definition) is 7. The summed E-state index contributed by atoms with van der Waals surface area (Å²) in [6.45, 7) is 4.02. The largest absolute Gasteiger partial charge is 0.396 e. The molecule has 1 aromatic heterocycles. The SMILES string of the molecule is COCCn1c(CN2C[C@H](CO)C[C@H](CO)C2)nnc1C1CC(N)C1. The molecular formula is C17H31N5O3. The van der Waals surface area contributed by atoms with Gasteiger partial charge in [-0.2, -0.15) is 0 Å². The number of aliphatic hydroxyl groups excluding tert-OH is 2. The highest BCUT2D eigenvalue weighted by atomic mass is 16.5. The van der Waals surface area contributed by atoms with Crippen LogP contribution in [0.15, 0.2) is 0 Å². The van der Waals surface area contributed by atoms with Crippen molar-refractivity contribution in [2.24, 2.45) is 17.6 Å². The first kappa shape index (κ1) is 18.7. The van der Waals surface area contributed by atoms with Crippen molar-refractivity contribution in [3.63, 3.8) is 0 Å². The highest BCUT2D eigenvalue weighted by Crippen LogP contribution is 2.35. The Morgan fingerprint density at radius 1 is 1.12 bits per heavy atom. The molecule has 3 rings (SSSR count). The van der Waals surface area contributed by atoms with E-state index in [1.807, 2.05) is 0 Å². The van der Waals surface area contributed by atoms with Crippen LogP contribution >= 0.6 is 0 Å². The molecular weight excluding hydrogens is 322 g/mol. The Morgan fingerprint density at radius 3 is 2.36 bits per heavy atom. The summed E-state index contributed by atoms with van der Waals surface area (Å²) in [6.07, 6.45) is 2.81. The van der Waals surface area contributed by atoms with Gasteiger partial charge in [0.15, 0.2) is 0 Å². The van der Waals surface area contributed by atoms with Crippen LogP contribution in [0.4, 0.5) is 0 Å². The van der Waals surface area contributed by atoms with Gasteiger partial charge in [-0.3, -0.25) is 4.90 Å². The summed E-state index contributed by atoms with van der Waals surface area (Å²) in [5.74, 6) is 2.77. The van der Waals surface area contributed by atoms with E-state index in [9.17, 15) is 10.2 Å². The minimum atomic E-state index is 0.161. The van der Waals surface area contributed by atoms with Crippen LogP contribution in [0.1, 0.15) is 36.8 Å². The number of likely N-dealkylation sites (tertiary alicyclic amines) is 1. The summed E-state index contributed by atoms with van der Waals surface area (Å²) in [7, 11) is 1.70. The van der Waals surface area contributed by atoms with Gasteiger partial charge in [0.25, 0.3) is 0 Å². The molecule has 0 spiro atoms.